The van der Waals surface area contributed by atoms with Crippen molar-refractivity contribution in [3.63, 3.8) is 0 Å². The van der Waals surface area contributed by atoms with E-state index in [4.69, 9.17) is 10.5 Å². The Morgan fingerprint density at radius 2 is 2.00 bits per heavy atom. The molecule has 2 fully saturated rings. The lowest BCUT2D eigenvalue weighted by Crippen LogP contribution is -2.37. The lowest BCUT2D eigenvalue weighted by molar-refractivity contribution is 0.0270. The monoisotopic (exact) mass is 274 g/mol. The number of benzene rings is 1. The van der Waals surface area contributed by atoms with E-state index in [2.05, 4.69) is 12.1 Å². The summed E-state index contributed by atoms with van der Waals surface area (Å²) in [6.45, 7) is 7.27. The molecule has 1 aliphatic heterocycles. The van der Waals surface area contributed by atoms with Gasteiger partial charge in [0.2, 0.25) is 0 Å². The summed E-state index contributed by atoms with van der Waals surface area (Å²) in [6.07, 6.45) is 0.968. The van der Waals surface area contributed by atoms with Gasteiger partial charge in [0.05, 0.1) is 0 Å². The summed E-state index contributed by atoms with van der Waals surface area (Å²) in [5, 5.41) is 0. The van der Waals surface area contributed by atoms with Gasteiger partial charge >= 0.3 is 6.09 Å². The van der Waals surface area contributed by atoms with Gasteiger partial charge in [0.1, 0.15) is 5.60 Å². The number of ether oxygens (including phenoxy) is 1. The molecule has 1 heterocycles. The first-order chi connectivity index (χ1) is 9.30. The predicted molar refractivity (Wildman–Crippen MR) is 78.4 cm³/mol. The average molecular weight is 274 g/mol. The van der Waals surface area contributed by atoms with Gasteiger partial charge in [0.15, 0.2) is 0 Å². The Morgan fingerprint density at radius 3 is 2.60 bits per heavy atom. The predicted octanol–water partition coefficient (Wildman–Crippen LogP) is 2.78. The van der Waals surface area contributed by atoms with Crippen LogP contribution in [0.4, 0.5) is 10.5 Å². The highest BCUT2D eigenvalue weighted by atomic mass is 16.6. The summed E-state index contributed by atoms with van der Waals surface area (Å²) < 4.78 is 5.46. The van der Waals surface area contributed by atoms with Crippen molar-refractivity contribution in [2.24, 2.45) is 5.92 Å². The van der Waals surface area contributed by atoms with Gasteiger partial charge in [-0.1, -0.05) is 12.1 Å². The molecule has 1 aromatic rings. The first-order valence-corrected chi connectivity index (χ1v) is 7.14. The maximum atomic E-state index is 12.1. The molecule has 4 nitrogen and oxygen atoms in total. The minimum Gasteiger partial charge on any atom is -0.444 e. The Bertz CT molecular complexity index is 532. The number of piperidine rings is 1. The Morgan fingerprint density at radius 1 is 1.35 bits per heavy atom. The van der Waals surface area contributed by atoms with Crippen LogP contribution in [0.15, 0.2) is 24.3 Å². The van der Waals surface area contributed by atoms with Crippen molar-refractivity contribution >= 4 is 11.8 Å². The van der Waals surface area contributed by atoms with Gasteiger partial charge in [0.25, 0.3) is 0 Å². The molecule has 0 bridgehead atoms. The number of anilines is 1. The zero-order chi connectivity index (χ0) is 14.5. The van der Waals surface area contributed by atoms with Crippen molar-refractivity contribution in [3.05, 3.63) is 29.8 Å². The maximum absolute atomic E-state index is 12.1. The number of likely N-dealkylation sites (tertiary alicyclic amines) is 1. The number of carbonyl (C=O) groups excluding carboxylic acids is 1. The molecule has 2 aliphatic rings. The molecule has 0 spiro atoms. The number of carbonyl (C=O) groups is 1. The van der Waals surface area contributed by atoms with Crippen LogP contribution in [0.1, 0.15) is 32.8 Å². The molecule has 1 amide bonds. The largest absolute Gasteiger partial charge is 0.444 e. The SMILES string of the molecule is CC(C)(C)OC(=O)N1CC2CC2(c2ccc(N)cc2)C1. The van der Waals surface area contributed by atoms with Gasteiger partial charge in [-0.15, -0.1) is 0 Å². The average Bonchev–Trinajstić information content (AvgIpc) is 2.90. The molecule has 2 unspecified atom stereocenters. The molecule has 2 atom stereocenters. The number of amides is 1. The van der Waals surface area contributed by atoms with Crippen LogP contribution in [-0.4, -0.2) is 29.7 Å². The van der Waals surface area contributed by atoms with E-state index < -0.39 is 5.60 Å². The summed E-state index contributed by atoms with van der Waals surface area (Å²) in [5.74, 6) is 0.568. The van der Waals surface area contributed by atoms with Crippen LogP contribution in [-0.2, 0) is 10.2 Å². The van der Waals surface area contributed by atoms with Gasteiger partial charge in [-0.2, -0.15) is 0 Å². The zero-order valence-electron chi connectivity index (χ0n) is 12.3. The van der Waals surface area contributed by atoms with Crippen molar-refractivity contribution < 1.29 is 9.53 Å². The van der Waals surface area contributed by atoms with E-state index in [1.165, 1.54) is 5.56 Å². The molecular weight excluding hydrogens is 252 g/mol. The molecule has 0 aromatic heterocycles. The number of fused-ring (bicyclic) bond motifs is 1. The number of nitrogen functional groups attached to an aromatic ring is 1. The minimum absolute atomic E-state index is 0.143. The lowest BCUT2D eigenvalue weighted by Gasteiger charge is -2.26. The normalized spacial score (nSPS) is 28.1. The van der Waals surface area contributed by atoms with Gasteiger partial charge in [-0.05, 0) is 50.8 Å². The van der Waals surface area contributed by atoms with Crippen LogP contribution in [0.2, 0.25) is 0 Å². The highest BCUT2D eigenvalue weighted by Gasteiger charge is 2.62. The van der Waals surface area contributed by atoms with Crippen molar-refractivity contribution in [1.29, 1.82) is 0 Å². The second kappa shape index (κ2) is 4.14. The van der Waals surface area contributed by atoms with Crippen LogP contribution in [0.25, 0.3) is 0 Å². The second-order valence-electron chi connectivity index (χ2n) is 7.04. The topological polar surface area (TPSA) is 55.6 Å². The minimum atomic E-state index is -0.432. The Balaban J connectivity index is 1.71. The number of hydrogen-bond donors (Lipinski definition) is 1. The van der Waals surface area contributed by atoms with Crippen LogP contribution in [0.3, 0.4) is 0 Å². The summed E-state index contributed by atoms with van der Waals surface area (Å²) in [4.78, 5) is 14.0. The number of hydrogen-bond acceptors (Lipinski definition) is 3. The van der Waals surface area contributed by atoms with E-state index in [1.54, 1.807) is 0 Å². The molecule has 1 aromatic carbocycles. The van der Waals surface area contributed by atoms with E-state index in [-0.39, 0.29) is 11.5 Å². The third-order valence-electron chi connectivity index (χ3n) is 4.28. The van der Waals surface area contributed by atoms with Gasteiger partial charge in [-0.3, -0.25) is 0 Å². The molecule has 4 heteroatoms. The van der Waals surface area contributed by atoms with Crippen molar-refractivity contribution in [2.75, 3.05) is 18.8 Å². The fraction of sp³-hybridized carbons (Fsp3) is 0.562. The summed E-state index contributed by atoms with van der Waals surface area (Å²) in [5.41, 5.74) is 7.53. The van der Waals surface area contributed by atoms with E-state index in [0.29, 0.717) is 5.92 Å². The molecular formula is C16H22N2O2. The van der Waals surface area contributed by atoms with Crippen molar-refractivity contribution in [3.8, 4) is 0 Å². The highest BCUT2D eigenvalue weighted by Crippen LogP contribution is 2.59. The van der Waals surface area contributed by atoms with E-state index in [9.17, 15) is 4.79 Å². The standard InChI is InChI=1S/C16H22N2O2/c1-15(2,3)20-14(19)18-9-12-8-16(12,10-18)11-4-6-13(17)7-5-11/h4-7,12H,8-10,17H2,1-3H3. The molecule has 108 valence electrons. The molecule has 3 rings (SSSR count). The summed E-state index contributed by atoms with van der Waals surface area (Å²) in [7, 11) is 0. The Labute approximate surface area is 119 Å². The quantitative estimate of drug-likeness (QED) is 0.801. The molecule has 20 heavy (non-hydrogen) atoms. The van der Waals surface area contributed by atoms with Gasteiger partial charge < -0.3 is 15.4 Å². The summed E-state index contributed by atoms with van der Waals surface area (Å²) >= 11 is 0. The third-order valence-corrected chi connectivity index (χ3v) is 4.28. The zero-order valence-corrected chi connectivity index (χ0v) is 12.3. The molecule has 2 N–H and O–H groups in total. The van der Waals surface area contributed by atoms with E-state index in [0.717, 1.165) is 25.2 Å². The summed E-state index contributed by atoms with van der Waals surface area (Å²) in [6, 6.07) is 8.06. The fourth-order valence-corrected chi connectivity index (χ4v) is 3.21. The van der Waals surface area contributed by atoms with Crippen LogP contribution < -0.4 is 5.73 Å². The van der Waals surface area contributed by atoms with Crippen molar-refractivity contribution in [2.45, 2.75) is 38.2 Å². The lowest BCUT2D eigenvalue weighted by atomic mass is 9.95. The van der Waals surface area contributed by atoms with E-state index >= 15 is 0 Å². The smallest absolute Gasteiger partial charge is 0.410 e. The van der Waals surface area contributed by atoms with Gasteiger partial charge in [-0.25, -0.2) is 4.79 Å². The Kier molecular flexibility index (Phi) is 2.75. The third kappa shape index (κ3) is 2.23. The molecule has 1 aliphatic carbocycles. The highest BCUT2D eigenvalue weighted by molar-refractivity contribution is 5.70. The molecule has 0 radical (unpaired) electrons. The second-order valence-corrected chi connectivity index (χ2v) is 7.04. The molecule has 1 saturated carbocycles. The van der Waals surface area contributed by atoms with Crippen LogP contribution in [0, 0.1) is 5.92 Å². The van der Waals surface area contributed by atoms with Gasteiger partial charge in [0, 0.05) is 24.2 Å². The first kappa shape index (κ1) is 13.3. The van der Waals surface area contributed by atoms with Crippen LogP contribution >= 0.6 is 0 Å². The van der Waals surface area contributed by atoms with E-state index in [1.807, 2.05) is 37.8 Å². The maximum Gasteiger partial charge on any atom is 0.410 e. The number of nitrogens with zero attached hydrogens (tertiary/aromatic N) is 1. The first-order valence-electron chi connectivity index (χ1n) is 7.14. The molecule has 1 saturated heterocycles. The fourth-order valence-electron chi connectivity index (χ4n) is 3.21. The Hall–Kier alpha value is -1.71. The number of rotatable bonds is 1. The van der Waals surface area contributed by atoms with Crippen LogP contribution in [0.5, 0.6) is 0 Å². The number of nitrogens with two attached hydrogens (primary N) is 1. The van der Waals surface area contributed by atoms with Crippen molar-refractivity contribution in [1.82, 2.24) is 4.90 Å².